The molecule has 0 spiro atoms. The number of carbonyl (C=O) groups is 1. The van der Waals surface area contributed by atoms with Crippen molar-refractivity contribution in [3.63, 3.8) is 0 Å². The van der Waals surface area contributed by atoms with Crippen molar-refractivity contribution in [2.24, 2.45) is 0 Å². The molecule has 0 aromatic heterocycles. The molecule has 37 heavy (non-hydrogen) atoms. The number of benzene rings is 2. The molecule has 198 valence electrons. The lowest BCUT2D eigenvalue weighted by molar-refractivity contribution is 0.0991. The number of allylic oxidation sites excluding steroid dienone is 5. The summed E-state index contributed by atoms with van der Waals surface area (Å²) in [6.45, 7) is 9.02. The molecule has 0 atom stereocenters. The molecule has 0 saturated carbocycles. The van der Waals surface area contributed by atoms with E-state index < -0.39 is 0 Å². The number of para-hydroxylation sites is 1. The van der Waals surface area contributed by atoms with Crippen molar-refractivity contribution < 1.29 is 19.0 Å². The predicted molar refractivity (Wildman–Crippen MR) is 153 cm³/mol. The smallest absolute Gasteiger partial charge is 0.260 e. The van der Waals surface area contributed by atoms with E-state index in [2.05, 4.69) is 51.2 Å². The van der Waals surface area contributed by atoms with E-state index in [-0.39, 0.29) is 5.91 Å². The third-order valence-corrected chi connectivity index (χ3v) is 6.52. The van der Waals surface area contributed by atoms with Crippen LogP contribution in [0.5, 0.6) is 17.2 Å². The Morgan fingerprint density at radius 2 is 1.51 bits per heavy atom. The highest BCUT2D eigenvalue weighted by Gasteiger charge is 2.30. The minimum absolute atomic E-state index is 0.116. The Labute approximate surface area is 221 Å². The Bertz CT molecular complexity index is 1210. The molecule has 1 N–H and O–H groups in total. The fourth-order valence-corrected chi connectivity index (χ4v) is 4.35. The number of hydrogen-bond acceptors (Lipinski definition) is 5. The maximum Gasteiger partial charge on any atom is 0.260 e. The molecule has 1 amide bonds. The van der Waals surface area contributed by atoms with E-state index in [1.807, 2.05) is 30.3 Å². The van der Waals surface area contributed by atoms with Gasteiger partial charge in [-0.25, -0.2) is 0 Å². The second-order valence-corrected chi connectivity index (χ2v) is 9.61. The molecule has 0 aliphatic carbocycles. The molecule has 0 unspecified atom stereocenters. The maximum absolute atomic E-state index is 13.8. The molecule has 1 aliphatic heterocycles. The minimum atomic E-state index is -0.116. The molecule has 0 saturated heterocycles. The monoisotopic (exact) mass is 504 g/mol. The molecular formula is C31H40N2O4. The van der Waals surface area contributed by atoms with Crippen LogP contribution in [0.25, 0.3) is 0 Å². The Morgan fingerprint density at radius 3 is 2.16 bits per heavy atom. The first-order chi connectivity index (χ1) is 17.8. The van der Waals surface area contributed by atoms with Crippen LogP contribution in [0.4, 0.5) is 17.1 Å². The van der Waals surface area contributed by atoms with Crippen molar-refractivity contribution >= 4 is 23.0 Å². The summed E-state index contributed by atoms with van der Waals surface area (Å²) in [7, 11) is 4.81. The Kier molecular flexibility index (Phi) is 9.84. The number of fused-ring (bicyclic) bond motifs is 2. The molecule has 6 heteroatoms. The molecule has 6 nitrogen and oxygen atoms in total. The van der Waals surface area contributed by atoms with Crippen molar-refractivity contribution in [1.29, 1.82) is 0 Å². The Morgan fingerprint density at radius 1 is 0.838 bits per heavy atom. The average Bonchev–Trinajstić information content (AvgIpc) is 3.00. The van der Waals surface area contributed by atoms with Gasteiger partial charge in [-0.05, 0) is 65.5 Å². The third-order valence-electron chi connectivity index (χ3n) is 6.52. The summed E-state index contributed by atoms with van der Waals surface area (Å²) >= 11 is 0. The number of hydrogen-bond donors (Lipinski definition) is 1. The fraction of sp³-hybridized carbons (Fsp3) is 0.387. The summed E-state index contributed by atoms with van der Waals surface area (Å²) in [5.74, 6) is 1.67. The van der Waals surface area contributed by atoms with E-state index in [1.54, 1.807) is 26.2 Å². The van der Waals surface area contributed by atoms with Gasteiger partial charge in [-0.15, -0.1) is 0 Å². The minimum Gasteiger partial charge on any atom is -0.497 e. The van der Waals surface area contributed by atoms with Crippen molar-refractivity contribution in [2.75, 3.05) is 38.1 Å². The normalized spacial score (nSPS) is 13.3. The fourth-order valence-electron chi connectivity index (χ4n) is 4.35. The zero-order valence-corrected chi connectivity index (χ0v) is 23.2. The lowest BCUT2D eigenvalue weighted by Crippen LogP contribution is -2.30. The molecule has 0 bridgehead atoms. The molecule has 2 aromatic carbocycles. The number of amides is 1. The number of nitrogens with zero attached hydrogens (tertiary/aromatic N) is 1. The Balaban J connectivity index is 1.88. The topological polar surface area (TPSA) is 60.0 Å². The van der Waals surface area contributed by atoms with Gasteiger partial charge in [-0.1, -0.05) is 41.0 Å². The van der Waals surface area contributed by atoms with Crippen molar-refractivity contribution in [3.8, 4) is 17.2 Å². The van der Waals surface area contributed by atoms with Crippen molar-refractivity contribution in [2.45, 2.75) is 53.4 Å². The van der Waals surface area contributed by atoms with E-state index in [9.17, 15) is 4.79 Å². The molecule has 1 aliphatic rings. The van der Waals surface area contributed by atoms with E-state index in [4.69, 9.17) is 14.2 Å². The van der Waals surface area contributed by atoms with E-state index in [1.165, 1.54) is 16.7 Å². The quantitative estimate of drug-likeness (QED) is 0.316. The zero-order valence-electron chi connectivity index (χ0n) is 23.2. The van der Waals surface area contributed by atoms with Gasteiger partial charge in [0.15, 0.2) is 0 Å². The van der Waals surface area contributed by atoms with Crippen LogP contribution in [0.15, 0.2) is 65.3 Å². The number of carbonyl (C=O) groups excluding carboxylic acids is 1. The first-order valence-corrected chi connectivity index (χ1v) is 12.8. The molecule has 1 heterocycles. The van der Waals surface area contributed by atoms with Gasteiger partial charge in [0.2, 0.25) is 0 Å². The first-order valence-electron chi connectivity index (χ1n) is 12.8. The van der Waals surface area contributed by atoms with Gasteiger partial charge >= 0.3 is 0 Å². The van der Waals surface area contributed by atoms with Crippen LogP contribution in [0.3, 0.4) is 0 Å². The van der Waals surface area contributed by atoms with Gasteiger partial charge in [0.1, 0.15) is 22.9 Å². The predicted octanol–water partition coefficient (Wildman–Crippen LogP) is 7.84. The van der Waals surface area contributed by atoms with Crippen LogP contribution in [-0.4, -0.2) is 33.8 Å². The van der Waals surface area contributed by atoms with Gasteiger partial charge in [-0.2, -0.15) is 0 Å². The molecule has 0 fully saturated rings. The highest BCUT2D eigenvalue weighted by Crippen LogP contribution is 2.46. The van der Waals surface area contributed by atoms with Gasteiger partial charge in [0.05, 0.1) is 38.3 Å². The van der Waals surface area contributed by atoms with Crippen molar-refractivity contribution in [3.05, 3.63) is 70.8 Å². The number of anilines is 3. The maximum atomic E-state index is 13.8. The van der Waals surface area contributed by atoms with Crippen LogP contribution < -0.4 is 24.4 Å². The standard InChI is InChI=1S/C31H40N2O4/c1-21(2)11-8-12-22(3)13-9-14-23(4)17-18-33-26-19-24(35-5)20-28(37-7)30(26)32-29-25(31(33)34)15-10-16-27(29)36-6/h10-11,13,15-17,19-20,32H,8-9,12,14,18H2,1-7H3/b22-13+,23-17+. The summed E-state index contributed by atoms with van der Waals surface area (Å²) in [4.78, 5) is 15.6. The van der Waals surface area contributed by atoms with E-state index in [0.717, 1.165) is 25.7 Å². The van der Waals surface area contributed by atoms with Gasteiger partial charge in [0.25, 0.3) is 5.91 Å². The van der Waals surface area contributed by atoms with Crippen LogP contribution in [0.1, 0.15) is 63.7 Å². The number of methoxy groups -OCH3 is 3. The summed E-state index contributed by atoms with van der Waals surface area (Å²) in [5.41, 5.74) is 6.56. The average molecular weight is 505 g/mol. The summed E-state index contributed by atoms with van der Waals surface area (Å²) in [5, 5.41) is 3.41. The molecule has 0 radical (unpaired) electrons. The molecule has 3 rings (SSSR count). The van der Waals surface area contributed by atoms with E-state index >= 15 is 0 Å². The zero-order chi connectivity index (χ0) is 26.9. The van der Waals surface area contributed by atoms with Gasteiger partial charge in [0, 0.05) is 18.7 Å². The number of nitrogens with one attached hydrogen (secondary N) is 1. The second-order valence-electron chi connectivity index (χ2n) is 9.61. The lowest BCUT2D eigenvalue weighted by atomic mass is 10.1. The van der Waals surface area contributed by atoms with E-state index in [0.29, 0.717) is 46.4 Å². The number of ether oxygens (including phenoxy) is 3. The van der Waals surface area contributed by atoms with Crippen LogP contribution >= 0.6 is 0 Å². The largest absolute Gasteiger partial charge is 0.497 e. The van der Waals surface area contributed by atoms with Crippen LogP contribution in [0.2, 0.25) is 0 Å². The summed E-state index contributed by atoms with van der Waals surface area (Å²) in [6.07, 6.45) is 10.8. The highest BCUT2D eigenvalue weighted by atomic mass is 16.5. The first kappa shape index (κ1) is 27.9. The highest BCUT2D eigenvalue weighted by molar-refractivity contribution is 6.15. The van der Waals surface area contributed by atoms with Crippen LogP contribution in [-0.2, 0) is 0 Å². The van der Waals surface area contributed by atoms with Gasteiger partial charge in [-0.3, -0.25) is 4.79 Å². The van der Waals surface area contributed by atoms with Crippen LogP contribution in [0, 0.1) is 0 Å². The Hall–Kier alpha value is -3.67. The summed E-state index contributed by atoms with van der Waals surface area (Å²) < 4.78 is 16.8. The van der Waals surface area contributed by atoms with Gasteiger partial charge < -0.3 is 24.4 Å². The molecular weight excluding hydrogens is 464 g/mol. The SMILES string of the molecule is COc1cc(OC)c2c(c1)N(C/C=C(\C)CC/C=C(\C)CCC=C(C)C)C(=O)c1cccc(OC)c1N2. The lowest BCUT2D eigenvalue weighted by Gasteiger charge is -2.23. The second kappa shape index (κ2) is 13.0. The summed E-state index contributed by atoms with van der Waals surface area (Å²) in [6, 6.07) is 9.15. The van der Waals surface area contributed by atoms with Crippen molar-refractivity contribution in [1.82, 2.24) is 0 Å². The molecule has 2 aromatic rings. The third kappa shape index (κ3) is 6.97. The number of rotatable bonds is 11.